The predicted octanol–water partition coefficient (Wildman–Crippen LogP) is 3.34. The number of hydrogen-bond donors (Lipinski definition) is 2. The molecule has 0 spiro atoms. The molecule has 0 bridgehead atoms. The lowest BCUT2D eigenvalue weighted by Crippen LogP contribution is -2.45. The third-order valence-corrected chi connectivity index (χ3v) is 5.49. The second-order valence-corrected chi connectivity index (χ2v) is 8.01. The summed E-state index contributed by atoms with van der Waals surface area (Å²) >= 11 is 3.65. The fraction of sp³-hybridized carbons (Fsp3) is 0.455. The number of aryl methyl sites for hydroxylation is 1. The van der Waals surface area contributed by atoms with Crippen LogP contribution >= 0.6 is 15.9 Å². The Morgan fingerprint density at radius 2 is 1.96 bits per heavy atom. The summed E-state index contributed by atoms with van der Waals surface area (Å²) in [6.07, 6.45) is 0. The van der Waals surface area contributed by atoms with E-state index in [2.05, 4.69) is 68.7 Å². The van der Waals surface area contributed by atoms with Gasteiger partial charge in [0.2, 0.25) is 0 Å². The van der Waals surface area contributed by atoms with Gasteiger partial charge >= 0.3 is 0 Å². The molecule has 6 heteroatoms. The molecule has 1 aliphatic heterocycles. The molecule has 1 fully saturated rings. The summed E-state index contributed by atoms with van der Waals surface area (Å²) < 4.78 is 12.6. The molecule has 0 unspecified atom stereocenters. The number of halogens is 1. The van der Waals surface area contributed by atoms with Gasteiger partial charge in [0.1, 0.15) is 6.61 Å². The normalized spacial score (nSPS) is 14.8. The van der Waals surface area contributed by atoms with Crippen molar-refractivity contribution in [2.45, 2.75) is 20.1 Å². The maximum Gasteiger partial charge on any atom is 0.175 e. The topological polar surface area (TPSA) is 45.8 Å². The molecule has 1 saturated heterocycles. The highest BCUT2D eigenvalue weighted by Crippen LogP contribution is 2.37. The third-order valence-electron chi connectivity index (χ3n) is 4.90. The van der Waals surface area contributed by atoms with Crippen LogP contribution in [0.1, 0.15) is 16.7 Å². The van der Waals surface area contributed by atoms with Crippen molar-refractivity contribution < 1.29 is 9.47 Å². The van der Waals surface area contributed by atoms with E-state index in [1.165, 1.54) is 11.1 Å². The summed E-state index contributed by atoms with van der Waals surface area (Å²) in [4.78, 5) is 2.49. The molecular weight excluding hydrogens is 418 g/mol. The van der Waals surface area contributed by atoms with E-state index in [0.29, 0.717) is 6.61 Å². The van der Waals surface area contributed by atoms with Crippen LogP contribution in [0.3, 0.4) is 0 Å². The molecule has 0 aliphatic carbocycles. The van der Waals surface area contributed by atoms with E-state index in [1.807, 2.05) is 6.07 Å². The van der Waals surface area contributed by atoms with Gasteiger partial charge in [-0.1, -0.05) is 29.8 Å². The Morgan fingerprint density at radius 1 is 1.14 bits per heavy atom. The minimum absolute atomic E-state index is 0.513. The number of ether oxygens (including phenoxy) is 2. The number of benzene rings is 2. The molecule has 1 heterocycles. The molecule has 3 rings (SSSR count). The third kappa shape index (κ3) is 6.21. The Hall–Kier alpha value is -1.60. The van der Waals surface area contributed by atoms with Crippen LogP contribution in [0.15, 0.2) is 40.9 Å². The van der Waals surface area contributed by atoms with Crippen molar-refractivity contribution in [2.75, 3.05) is 46.4 Å². The van der Waals surface area contributed by atoms with Gasteiger partial charge in [0.15, 0.2) is 11.5 Å². The zero-order valence-electron chi connectivity index (χ0n) is 16.8. The quantitative estimate of drug-likeness (QED) is 0.577. The van der Waals surface area contributed by atoms with Gasteiger partial charge in [-0.05, 0) is 46.1 Å². The van der Waals surface area contributed by atoms with Crippen molar-refractivity contribution in [3.05, 3.63) is 57.6 Å². The van der Waals surface area contributed by atoms with Gasteiger partial charge in [0.25, 0.3) is 0 Å². The zero-order chi connectivity index (χ0) is 19.8. The van der Waals surface area contributed by atoms with Crippen LogP contribution in [-0.2, 0) is 13.2 Å². The highest BCUT2D eigenvalue weighted by Gasteiger charge is 2.13. The molecule has 0 aromatic heterocycles. The van der Waals surface area contributed by atoms with Crippen molar-refractivity contribution in [2.24, 2.45) is 0 Å². The maximum atomic E-state index is 6.05. The minimum Gasteiger partial charge on any atom is -0.493 e. The Kier molecular flexibility index (Phi) is 8.15. The number of methoxy groups -OCH3 is 1. The summed E-state index contributed by atoms with van der Waals surface area (Å²) in [5.74, 6) is 1.49. The second-order valence-electron chi connectivity index (χ2n) is 7.16. The number of piperazine rings is 1. The minimum atomic E-state index is 0.513. The summed E-state index contributed by atoms with van der Waals surface area (Å²) in [6, 6.07) is 12.5. The van der Waals surface area contributed by atoms with Crippen molar-refractivity contribution in [1.29, 1.82) is 0 Å². The summed E-state index contributed by atoms with van der Waals surface area (Å²) in [5, 5.41) is 6.92. The van der Waals surface area contributed by atoms with E-state index in [4.69, 9.17) is 9.47 Å². The van der Waals surface area contributed by atoms with Gasteiger partial charge in [-0.15, -0.1) is 0 Å². The van der Waals surface area contributed by atoms with E-state index in [0.717, 1.165) is 67.3 Å². The molecule has 0 saturated carbocycles. The molecule has 2 aromatic carbocycles. The first kappa shape index (κ1) is 21.1. The molecule has 5 nitrogen and oxygen atoms in total. The van der Waals surface area contributed by atoms with E-state index >= 15 is 0 Å². The molecular formula is C22H30BrN3O2. The van der Waals surface area contributed by atoms with Gasteiger partial charge in [-0.3, -0.25) is 4.90 Å². The van der Waals surface area contributed by atoms with Crippen LogP contribution in [0.2, 0.25) is 0 Å². The number of nitrogens with zero attached hydrogens (tertiary/aromatic N) is 1. The van der Waals surface area contributed by atoms with Crippen LogP contribution in [0.5, 0.6) is 11.5 Å². The molecule has 152 valence electrons. The average Bonchev–Trinajstić information content (AvgIpc) is 2.71. The lowest BCUT2D eigenvalue weighted by atomic mass is 10.1. The van der Waals surface area contributed by atoms with Crippen LogP contribution in [0.4, 0.5) is 0 Å². The van der Waals surface area contributed by atoms with E-state index in [9.17, 15) is 0 Å². The highest BCUT2D eigenvalue weighted by atomic mass is 79.9. The smallest absolute Gasteiger partial charge is 0.175 e. The monoisotopic (exact) mass is 447 g/mol. The molecule has 0 atom stereocenters. The Bertz CT molecular complexity index is 763. The van der Waals surface area contributed by atoms with Crippen molar-refractivity contribution >= 4 is 15.9 Å². The molecule has 0 radical (unpaired) electrons. The molecule has 1 aliphatic rings. The summed E-state index contributed by atoms with van der Waals surface area (Å²) in [7, 11) is 1.68. The first-order chi connectivity index (χ1) is 13.7. The summed E-state index contributed by atoms with van der Waals surface area (Å²) in [6.45, 7) is 9.91. The fourth-order valence-electron chi connectivity index (χ4n) is 3.38. The SMILES string of the molecule is COc1cc(CNCCN2CCNCC2)cc(Br)c1OCc1cccc(C)c1. The van der Waals surface area contributed by atoms with Crippen LogP contribution in [0.25, 0.3) is 0 Å². The van der Waals surface area contributed by atoms with Crippen molar-refractivity contribution in [3.63, 3.8) is 0 Å². The zero-order valence-corrected chi connectivity index (χ0v) is 18.3. The largest absolute Gasteiger partial charge is 0.493 e. The molecule has 0 amide bonds. The second kappa shape index (κ2) is 10.8. The molecule has 2 aromatic rings. The van der Waals surface area contributed by atoms with Crippen LogP contribution in [-0.4, -0.2) is 51.3 Å². The van der Waals surface area contributed by atoms with Crippen molar-refractivity contribution in [3.8, 4) is 11.5 Å². The Morgan fingerprint density at radius 3 is 2.71 bits per heavy atom. The molecule has 2 N–H and O–H groups in total. The van der Waals surface area contributed by atoms with Crippen LogP contribution < -0.4 is 20.1 Å². The first-order valence-electron chi connectivity index (χ1n) is 9.84. The van der Waals surface area contributed by atoms with Gasteiger partial charge in [-0.25, -0.2) is 0 Å². The van der Waals surface area contributed by atoms with Gasteiger partial charge in [0, 0.05) is 45.8 Å². The Labute approximate surface area is 176 Å². The van der Waals surface area contributed by atoms with Crippen molar-refractivity contribution in [1.82, 2.24) is 15.5 Å². The summed E-state index contributed by atoms with van der Waals surface area (Å²) in [5.41, 5.74) is 3.55. The number of rotatable bonds is 9. The lowest BCUT2D eigenvalue weighted by molar-refractivity contribution is 0.241. The first-order valence-corrected chi connectivity index (χ1v) is 10.6. The van der Waals surface area contributed by atoms with E-state index in [-0.39, 0.29) is 0 Å². The Balaban J connectivity index is 1.54. The number of nitrogens with one attached hydrogen (secondary N) is 2. The van der Waals surface area contributed by atoms with Gasteiger partial charge < -0.3 is 20.1 Å². The van der Waals surface area contributed by atoms with Gasteiger partial charge in [0.05, 0.1) is 11.6 Å². The van der Waals surface area contributed by atoms with Gasteiger partial charge in [-0.2, -0.15) is 0 Å². The lowest BCUT2D eigenvalue weighted by Gasteiger charge is -2.27. The molecule has 28 heavy (non-hydrogen) atoms. The van der Waals surface area contributed by atoms with Crippen LogP contribution in [0, 0.1) is 6.92 Å². The fourth-order valence-corrected chi connectivity index (χ4v) is 3.98. The highest BCUT2D eigenvalue weighted by molar-refractivity contribution is 9.10. The number of hydrogen-bond acceptors (Lipinski definition) is 5. The average molecular weight is 448 g/mol. The maximum absolute atomic E-state index is 6.05. The predicted molar refractivity (Wildman–Crippen MR) is 117 cm³/mol. The van der Waals surface area contributed by atoms with E-state index < -0.39 is 0 Å². The van der Waals surface area contributed by atoms with E-state index in [1.54, 1.807) is 7.11 Å². The standard InChI is InChI=1S/C22H30BrN3O2/c1-17-4-3-5-18(12-17)16-28-22-20(23)13-19(14-21(22)27-2)15-25-8-11-26-9-6-24-7-10-26/h3-5,12-14,24-25H,6-11,15-16H2,1-2H3.